The molecule has 0 radical (unpaired) electrons. The van der Waals surface area contributed by atoms with E-state index in [0.29, 0.717) is 6.04 Å². The molecule has 0 aromatic carbocycles. The van der Waals surface area contributed by atoms with Crippen molar-refractivity contribution in [2.45, 2.75) is 26.3 Å². The summed E-state index contributed by atoms with van der Waals surface area (Å²) in [5, 5.41) is 11.8. The molecule has 0 amide bonds. The van der Waals surface area contributed by atoms with Gasteiger partial charge in [0, 0.05) is 24.6 Å². The van der Waals surface area contributed by atoms with Crippen molar-refractivity contribution in [1.29, 1.82) is 0 Å². The zero-order valence-electron chi connectivity index (χ0n) is 8.40. The summed E-state index contributed by atoms with van der Waals surface area (Å²) >= 11 is 4.96. The first-order valence-electron chi connectivity index (χ1n) is 4.63. The average Bonchev–Trinajstić information content (AvgIpc) is 2.52. The molecule has 0 aliphatic heterocycles. The van der Waals surface area contributed by atoms with E-state index < -0.39 is 0 Å². The highest BCUT2D eigenvalue weighted by atomic mass is 79.9. The number of nitrogens with zero attached hydrogens (tertiary/aromatic N) is 2. The van der Waals surface area contributed by atoms with Gasteiger partial charge in [0.2, 0.25) is 0 Å². The zero-order valence-corrected chi connectivity index (χ0v) is 10.8. The van der Waals surface area contributed by atoms with Crippen LogP contribution in [0.25, 0.3) is 0 Å². The number of hydrogen-bond donors (Lipinski definition) is 1. The standard InChI is InChI=1S/C9H15BrN2OS/c1-7(2)12(4-3-5-13)9-11-8(10)6-14-9/h6-7,13H,3-5H2,1-2H3. The highest BCUT2D eigenvalue weighted by Gasteiger charge is 2.13. The molecular weight excluding hydrogens is 264 g/mol. The second-order valence-electron chi connectivity index (χ2n) is 3.32. The topological polar surface area (TPSA) is 36.4 Å². The van der Waals surface area contributed by atoms with E-state index in [2.05, 4.69) is 39.7 Å². The third-order valence-corrected chi connectivity index (χ3v) is 3.48. The summed E-state index contributed by atoms with van der Waals surface area (Å²) in [6, 6.07) is 0.416. The second-order valence-corrected chi connectivity index (χ2v) is 4.97. The van der Waals surface area contributed by atoms with Crippen LogP contribution in [0.5, 0.6) is 0 Å². The van der Waals surface area contributed by atoms with Crippen LogP contribution in [0, 0.1) is 0 Å². The fraction of sp³-hybridized carbons (Fsp3) is 0.667. The maximum atomic E-state index is 8.80. The van der Waals surface area contributed by atoms with Gasteiger partial charge in [0.1, 0.15) is 4.60 Å². The molecule has 14 heavy (non-hydrogen) atoms. The minimum atomic E-state index is 0.232. The molecule has 0 atom stereocenters. The van der Waals surface area contributed by atoms with Gasteiger partial charge in [-0.05, 0) is 36.2 Å². The number of anilines is 1. The van der Waals surface area contributed by atoms with Crippen LogP contribution in [0.4, 0.5) is 5.13 Å². The van der Waals surface area contributed by atoms with Crippen LogP contribution in [0.1, 0.15) is 20.3 Å². The zero-order chi connectivity index (χ0) is 10.6. The highest BCUT2D eigenvalue weighted by molar-refractivity contribution is 9.10. The molecule has 1 aromatic rings. The Labute approximate surface area is 96.9 Å². The van der Waals surface area contributed by atoms with Crippen molar-refractivity contribution >= 4 is 32.4 Å². The largest absolute Gasteiger partial charge is 0.396 e. The van der Waals surface area contributed by atoms with Gasteiger partial charge in [0.25, 0.3) is 0 Å². The van der Waals surface area contributed by atoms with Crippen molar-refractivity contribution in [2.75, 3.05) is 18.1 Å². The van der Waals surface area contributed by atoms with Crippen LogP contribution < -0.4 is 4.90 Å². The number of aliphatic hydroxyl groups is 1. The lowest BCUT2D eigenvalue weighted by Gasteiger charge is -2.25. The Bertz CT molecular complexity index is 278. The number of halogens is 1. The number of aromatic nitrogens is 1. The van der Waals surface area contributed by atoms with Crippen molar-refractivity contribution in [2.24, 2.45) is 0 Å². The Hall–Kier alpha value is -0.130. The average molecular weight is 279 g/mol. The number of thiazole rings is 1. The second kappa shape index (κ2) is 5.68. The van der Waals surface area contributed by atoms with E-state index in [1.807, 2.05) is 5.38 Å². The molecule has 1 rings (SSSR count). The Kier molecular flexibility index (Phi) is 4.84. The first-order chi connectivity index (χ1) is 6.65. The van der Waals surface area contributed by atoms with E-state index in [-0.39, 0.29) is 6.61 Å². The monoisotopic (exact) mass is 278 g/mol. The van der Waals surface area contributed by atoms with Crippen LogP contribution in [0.3, 0.4) is 0 Å². The Morgan fingerprint density at radius 3 is 2.79 bits per heavy atom. The Morgan fingerprint density at radius 1 is 1.64 bits per heavy atom. The van der Waals surface area contributed by atoms with Gasteiger partial charge in [-0.1, -0.05) is 0 Å². The summed E-state index contributed by atoms with van der Waals surface area (Å²) in [7, 11) is 0. The van der Waals surface area contributed by atoms with Crippen molar-refractivity contribution in [3.8, 4) is 0 Å². The molecule has 0 saturated carbocycles. The summed E-state index contributed by atoms with van der Waals surface area (Å²) in [4.78, 5) is 6.56. The fourth-order valence-corrected chi connectivity index (χ4v) is 2.60. The first kappa shape index (κ1) is 11.9. The third-order valence-electron chi connectivity index (χ3n) is 1.89. The van der Waals surface area contributed by atoms with E-state index in [4.69, 9.17) is 5.11 Å². The van der Waals surface area contributed by atoms with Crippen LogP contribution in [-0.2, 0) is 0 Å². The molecule has 0 unspecified atom stereocenters. The smallest absolute Gasteiger partial charge is 0.186 e. The van der Waals surface area contributed by atoms with E-state index in [1.165, 1.54) is 0 Å². The lowest BCUT2D eigenvalue weighted by Crippen LogP contribution is -2.32. The van der Waals surface area contributed by atoms with E-state index in [9.17, 15) is 0 Å². The molecule has 3 nitrogen and oxygen atoms in total. The minimum Gasteiger partial charge on any atom is -0.396 e. The van der Waals surface area contributed by atoms with E-state index in [0.717, 1.165) is 22.7 Å². The number of rotatable bonds is 5. The molecule has 1 N–H and O–H groups in total. The fourth-order valence-electron chi connectivity index (χ4n) is 1.19. The molecule has 0 spiro atoms. The van der Waals surface area contributed by atoms with Crippen LogP contribution in [0.2, 0.25) is 0 Å². The van der Waals surface area contributed by atoms with E-state index >= 15 is 0 Å². The summed E-state index contributed by atoms with van der Waals surface area (Å²) in [5.74, 6) is 0. The molecule has 0 saturated heterocycles. The van der Waals surface area contributed by atoms with Gasteiger partial charge >= 0.3 is 0 Å². The van der Waals surface area contributed by atoms with Gasteiger partial charge < -0.3 is 10.0 Å². The van der Waals surface area contributed by atoms with Crippen LogP contribution in [-0.4, -0.2) is 29.3 Å². The highest BCUT2D eigenvalue weighted by Crippen LogP contribution is 2.25. The number of hydrogen-bond acceptors (Lipinski definition) is 4. The summed E-state index contributed by atoms with van der Waals surface area (Å²) < 4.78 is 0.882. The minimum absolute atomic E-state index is 0.232. The molecular formula is C9H15BrN2OS. The van der Waals surface area contributed by atoms with Crippen molar-refractivity contribution in [1.82, 2.24) is 4.98 Å². The molecule has 1 aromatic heterocycles. The van der Waals surface area contributed by atoms with Gasteiger partial charge in [-0.15, -0.1) is 11.3 Å². The first-order valence-corrected chi connectivity index (χ1v) is 6.31. The summed E-state index contributed by atoms with van der Waals surface area (Å²) in [6.45, 7) is 5.35. The maximum absolute atomic E-state index is 8.80. The summed E-state index contributed by atoms with van der Waals surface area (Å²) in [5.41, 5.74) is 0. The molecule has 0 fully saturated rings. The predicted octanol–water partition coefficient (Wildman–Crippen LogP) is 2.50. The van der Waals surface area contributed by atoms with Crippen molar-refractivity contribution < 1.29 is 5.11 Å². The molecule has 80 valence electrons. The van der Waals surface area contributed by atoms with Gasteiger partial charge in [-0.25, -0.2) is 4.98 Å². The lowest BCUT2D eigenvalue weighted by atomic mass is 10.3. The Balaban J connectivity index is 2.67. The van der Waals surface area contributed by atoms with Gasteiger partial charge in [-0.2, -0.15) is 0 Å². The van der Waals surface area contributed by atoms with E-state index in [1.54, 1.807) is 11.3 Å². The third kappa shape index (κ3) is 3.22. The quantitative estimate of drug-likeness (QED) is 0.899. The van der Waals surface area contributed by atoms with Gasteiger partial charge in [0.15, 0.2) is 5.13 Å². The number of aliphatic hydroxyl groups excluding tert-OH is 1. The maximum Gasteiger partial charge on any atom is 0.186 e. The Morgan fingerprint density at radius 2 is 2.36 bits per heavy atom. The summed E-state index contributed by atoms with van der Waals surface area (Å²) in [6.07, 6.45) is 0.787. The molecule has 0 aliphatic carbocycles. The lowest BCUT2D eigenvalue weighted by molar-refractivity contribution is 0.288. The van der Waals surface area contributed by atoms with Gasteiger partial charge in [-0.3, -0.25) is 0 Å². The molecule has 5 heteroatoms. The molecule has 0 aliphatic rings. The van der Waals surface area contributed by atoms with Crippen molar-refractivity contribution in [3.05, 3.63) is 9.98 Å². The van der Waals surface area contributed by atoms with Crippen LogP contribution >= 0.6 is 27.3 Å². The van der Waals surface area contributed by atoms with Gasteiger partial charge in [0.05, 0.1) is 0 Å². The normalized spacial score (nSPS) is 10.9. The molecule has 0 bridgehead atoms. The predicted molar refractivity (Wildman–Crippen MR) is 64.0 cm³/mol. The van der Waals surface area contributed by atoms with Crippen LogP contribution in [0.15, 0.2) is 9.98 Å². The van der Waals surface area contributed by atoms with Crippen molar-refractivity contribution in [3.63, 3.8) is 0 Å². The molecule has 1 heterocycles. The SMILES string of the molecule is CC(C)N(CCCO)c1nc(Br)cs1.